The summed E-state index contributed by atoms with van der Waals surface area (Å²) in [6.45, 7) is 3.64. The molecule has 0 spiro atoms. The fourth-order valence-corrected chi connectivity index (χ4v) is 2.86. The number of rotatable bonds is 7. The third kappa shape index (κ3) is 5.41. The van der Waals surface area contributed by atoms with E-state index in [9.17, 15) is 14.4 Å². The van der Waals surface area contributed by atoms with Gasteiger partial charge >= 0.3 is 5.97 Å². The van der Waals surface area contributed by atoms with E-state index in [1.54, 1.807) is 42.5 Å². The quantitative estimate of drug-likeness (QED) is 0.454. The van der Waals surface area contributed by atoms with Crippen LogP contribution in [0.1, 0.15) is 49.1 Å². The van der Waals surface area contributed by atoms with Gasteiger partial charge in [0.2, 0.25) is 0 Å². The highest BCUT2D eigenvalue weighted by Crippen LogP contribution is 2.14. The average Bonchev–Trinajstić information content (AvgIpc) is 2.78. The van der Waals surface area contributed by atoms with Crippen LogP contribution in [0.5, 0.6) is 0 Å². The molecule has 0 unspecified atom stereocenters. The van der Waals surface area contributed by atoms with Gasteiger partial charge in [0.1, 0.15) is 0 Å². The van der Waals surface area contributed by atoms with Crippen molar-refractivity contribution in [1.82, 2.24) is 0 Å². The lowest BCUT2D eigenvalue weighted by Crippen LogP contribution is -2.15. The normalized spacial score (nSPS) is 10.3. The molecule has 0 aromatic heterocycles. The molecule has 0 aliphatic heterocycles. The number of Topliss-reactive ketones (excluding diaryl/α,β-unsaturated/α-hetero) is 1. The Hall–Kier alpha value is -3.73. The van der Waals surface area contributed by atoms with E-state index in [1.165, 1.54) is 6.07 Å². The Kier molecular flexibility index (Phi) is 6.75. The number of nitrogens with one attached hydrogen (secondary N) is 1. The molecule has 0 aliphatic carbocycles. The molecule has 0 radical (unpaired) electrons. The van der Waals surface area contributed by atoms with Crippen molar-refractivity contribution in [3.8, 4) is 0 Å². The molecule has 0 saturated heterocycles. The van der Waals surface area contributed by atoms with Crippen LogP contribution in [0.25, 0.3) is 0 Å². The third-order valence-electron chi connectivity index (χ3n) is 4.69. The lowest BCUT2D eigenvalue weighted by atomic mass is 10.1. The number of benzene rings is 3. The Morgan fingerprint density at radius 2 is 1.50 bits per heavy atom. The van der Waals surface area contributed by atoms with Gasteiger partial charge in [-0.2, -0.15) is 0 Å². The first-order valence-corrected chi connectivity index (χ1v) is 9.73. The van der Waals surface area contributed by atoms with Crippen molar-refractivity contribution in [3.05, 3.63) is 101 Å². The summed E-state index contributed by atoms with van der Waals surface area (Å²) in [5.74, 6) is -1.17. The number of amides is 1. The number of carbonyl (C=O) groups is 3. The molecule has 1 amide bonds. The van der Waals surface area contributed by atoms with E-state index in [2.05, 4.69) is 5.32 Å². The maximum Gasteiger partial charge on any atom is 0.338 e. The highest BCUT2D eigenvalue weighted by Gasteiger charge is 2.13. The van der Waals surface area contributed by atoms with Crippen LogP contribution in [0.15, 0.2) is 72.8 Å². The number of carbonyl (C=O) groups excluding carboxylic acids is 3. The predicted octanol–water partition coefficient (Wildman–Crippen LogP) is 4.85. The van der Waals surface area contributed by atoms with E-state index >= 15 is 0 Å². The zero-order valence-corrected chi connectivity index (χ0v) is 17.0. The minimum atomic E-state index is -0.625. The first-order valence-electron chi connectivity index (χ1n) is 9.73. The Morgan fingerprint density at radius 3 is 2.17 bits per heavy atom. The van der Waals surface area contributed by atoms with E-state index in [0.717, 1.165) is 17.5 Å². The third-order valence-corrected chi connectivity index (χ3v) is 4.69. The molecular weight excluding hydrogens is 378 g/mol. The maximum absolute atomic E-state index is 12.4. The zero-order chi connectivity index (χ0) is 21.5. The lowest BCUT2D eigenvalue weighted by Gasteiger charge is -2.08. The smallest absolute Gasteiger partial charge is 0.338 e. The monoisotopic (exact) mass is 401 g/mol. The van der Waals surface area contributed by atoms with Crippen LogP contribution in [-0.4, -0.2) is 24.3 Å². The molecule has 30 heavy (non-hydrogen) atoms. The van der Waals surface area contributed by atoms with Crippen molar-refractivity contribution in [1.29, 1.82) is 0 Å². The second kappa shape index (κ2) is 9.65. The van der Waals surface area contributed by atoms with Gasteiger partial charge in [0.05, 0.1) is 5.56 Å². The molecule has 3 aromatic rings. The number of hydrogen-bond acceptors (Lipinski definition) is 4. The molecule has 3 aromatic carbocycles. The molecule has 0 saturated carbocycles. The Bertz CT molecular complexity index is 1050. The van der Waals surface area contributed by atoms with E-state index in [1.807, 2.05) is 38.1 Å². The van der Waals surface area contributed by atoms with Crippen LogP contribution in [0, 0.1) is 6.92 Å². The molecule has 0 heterocycles. The van der Waals surface area contributed by atoms with Crippen LogP contribution in [0.2, 0.25) is 0 Å². The summed E-state index contributed by atoms with van der Waals surface area (Å²) in [5.41, 5.74) is 3.94. The van der Waals surface area contributed by atoms with Crippen molar-refractivity contribution >= 4 is 23.3 Å². The number of anilines is 1. The standard InChI is InChI=1S/C25H23NO4/c1-3-18-9-13-19(14-10-18)23(27)16-30-25(29)21-5-4-6-22(15-21)26-24(28)20-11-7-17(2)8-12-20/h4-15H,3,16H2,1-2H3,(H,26,28). The molecule has 0 bridgehead atoms. The molecule has 5 heteroatoms. The van der Waals surface area contributed by atoms with Crippen LogP contribution in [-0.2, 0) is 11.2 Å². The number of hydrogen-bond donors (Lipinski definition) is 1. The maximum atomic E-state index is 12.4. The zero-order valence-electron chi connectivity index (χ0n) is 17.0. The van der Waals surface area contributed by atoms with Gasteiger partial charge in [0.15, 0.2) is 12.4 Å². The molecular formula is C25H23NO4. The predicted molar refractivity (Wildman–Crippen MR) is 116 cm³/mol. The van der Waals surface area contributed by atoms with Crippen molar-refractivity contribution < 1.29 is 19.1 Å². The highest BCUT2D eigenvalue weighted by atomic mass is 16.5. The first-order chi connectivity index (χ1) is 14.5. The van der Waals surface area contributed by atoms with E-state index in [-0.39, 0.29) is 23.9 Å². The first kappa shape index (κ1) is 21.0. The summed E-state index contributed by atoms with van der Waals surface area (Å²) >= 11 is 0. The molecule has 0 atom stereocenters. The Labute approximate surface area is 175 Å². The molecule has 5 nitrogen and oxygen atoms in total. The van der Waals surface area contributed by atoms with Crippen molar-refractivity contribution in [2.75, 3.05) is 11.9 Å². The molecule has 0 aliphatic rings. The van der Waals surface area contributed by atoms with Crippen LogP contribution >= 0.6 is 0 Å². The molecule has 152 valence electrons. The van der Waals surface area contributed by atoms with Gasteiger partial charge in [-0.05, 0) is 49.2 Å². The molecule has 0 fully saturated rings. The van der Waals surface area contributed by atoms with Crippen LogP contribution in [0.3, 0.4) is 0 Å². The van der Waals surface area contributed by atoms with E-state index in [4.69, 9.17) is 4.74 Å². The highest BCUT2D eigenvalue weighted by molar-refractivity contribution is 6.05. The topological polar surface area (TPSA) is 72.5 Å². The number of esters is 1. The summed E-state index contributed by atoms with van der Waals surface area (Å²) in [6, 6.07) is 20.8. The van der Waals surface area contributed by atoms with E-state index < -0.39 is 5.97 Å². The number of ketones is 1. The number of ether oxygens (including phenoxy) is 1. The Morgan fingerprint density at radius 1 is 0.833 bits per heavy atom. The fraction of sp³-hybridized carbons (Fsp3) is 0.160. The second-order valence-corrected chi connectivity index (χ2v) is 6.95. The SMILES string of the molecule is CCc1ccc(C(=O)COC(=O)c2cccc(NC(=O)c3ccc(C)cc3)c2)cc1. The summed E-state index contributed by atoms with van der Waals surface area (Å²) in [7, 11) is 0. The summed E-state index contributed by atoms with van der Waals surface area (Å²) in [5, 5.41) is 2.76. The van der Waals surface area contributed by atoms with Crippen LogP contribution < -0.4 is 5.32 Å². The summed E-state index contributed by atoms with van der Waals surface area (Å²) in [6.07, 6.45) is 0.889. The summed E-state index contributed by atoms with van der Waals surface area (Å²) < 4.78 is 5.16. The van der Waals surface area contributed by atoms with Gasteiger partial charge in [-0.15, -0.1) is 0 Å². The molecule has 1 N–H and O–H groups in total. The fourth-order valence-electron chi connectivity index (χ4n) is 2.86. The minimum absolute atomic E-state index is 0.255. The van der Waals surface area contributed by atoms with Crippen molar-refractivity contribution in [2.24, 2.45) is 0 Å². The number of aryl methyl sites for hydroxylation is 2. The van der Waals surface area contributed by atoms with Crippen molar-refractivity contribution in [2.45, 2.75) is 20.3 Å². The molecule has 3 rings (SSSR count). The van der Waals surface area contributed by atoms with Crippen molar-refractivity contribution in [3.63, 3.8) is 0 Å². The Balaban J connectivity index is 1.60. The van der Waals surface area contributed by atoms with Gasteiger partial charge in [0.25, 0.3) is 5.91 Å². The lowest BCUT2D eigenvalue weighted by molar-refractivity contribution is 0.0474. The average molecular weight is 401 g/mol. The van der Waals surface area contributed by atoms with Gasteiger partial charge in [0, 0.05) is 16.8 Å². The van der Waals surface area contributed by atoms with Gasteiger partial charge in [-0.3, -0.25) is 9.59 Å². The second-order valence-electron chi connectivity index (χ2n) is 6.95. The van der Waals surface area contributed by atoms with E-state index in [0.29, 0.717) is 16.8 Å². The van der Waals surface area contributed by atoms with Gasteiger partial charge in [-0.25, -0.2) is 4.79 Å². The minimum Gasteiger partial charge on any atom is -0.454 e. The largest absolute Gasteiger partial charge is 0.454 e. The van der Waals surface area contributed by atoms with Gasteiger partial charge in [-0.1, -0.05) is 55.0 Å². The van der Waals surface area contributed by atoms with Crippen LogP contribution in [0.4, 0.5) is 5.69 Å². The summed E-state index contributed by atoms with van der Waals surface area (Å²) in [4.78, 5) is 36.9. The van der Waals surface area contributed by atoms with Gasteiger partial charge < -0.3 is 10.1 Å².